The van der Waals surface area contributed by atoms with Gasteiger partial charge in [0.15, 0.2) is 7.05 Å². The van der Waals surface area contributed by atoms with Crippen molar-refractivity contribution in [2.24, 2.45) is 13.0 Å². The van der Waals surface area contributed by atoms with Gasteiger partial charge >= 0.3 is 5.97 Å². The zero-order valence-corrected chi connectivity index (χ0v) is 17.8. The van der Waals surface area contributed by atoms with Gasteiger partial charge in [0.2, 0.25) is 5.95 Å². The number of aromatic nitrogens is 3. The molecule has 2 aromatic heterocycles. The molecule has 0 saturated carbocycles. The molecule has 0 unspecified atom stereocenters. The van der Waals surface area contributed by atoms with Gasteiger partial charge in [0.1, 0.15) is 0 Å². The van der Waals surface area contributed by atoms with Gasteiger partial charge in [0.25, 0.3) is 5.69 Å². The number of hydrogen-bond donors (Lipinski definition) is 2. The molecule has 1 aromatic carbocycles. The number of piperidine rings is 1. The number of anilines is 1. The molecule has 162 valence electrons. The van der Waals surface area contributed by atoms with Crippen molar-refractivity contribution in [3.05, 3.63) is 52.8 Å². The number of carboxylic acid groups (broad SMARTS) is 1. The summed E-state index contributed by atoms with van der Waals surface area (Å²) in [7, 11) is 3.53. The summed E-state index contributed by atoms with van der Waals surface area (Å²) in [5, 5.41) is 13.6. The van der Waals surface area contributed by atoms with Gasteiger partial charge in [0, 0.05) is 78.0 Å². The van der Waals surface area contributed by atoms with E-state index in [2.05, 4.69) is 30.9 Å². The topological polar surface area (TPSA) is 103 Å². The second-order valence-corrected chi connectivity index (χ2v) is 8.10. The van der Waals surface area contributed by atoms with Crippen molar-refractivity contribution in [2.75, 3.05) is 31.6 Å². The molecule has 1 aliphatic rings. The maximum atomic E-state index is 11.7. The van der Waals surface area contributed by atoms with Gasteiger partial charge in [0.05, 0.1) is 5.56 Å². The smallest absolute Gasteiger partial charge is 0.338 e. The molecule has 3 aromatic rings. The van der Waals surface area contributed by atoms with E-state index in [1.54, 1.807) is 0 Å². The number of aryl methyl sites for hydroxylation is 1. The van der Waals surface area contributed by atoms with Crippen LogP contribution in [0.3, 0.4) is 0 Å². The van der Waals surface area contributed by atoms with Crippen molar-refractivity contribution in [1.29, 1.82) is 0 Å². The molecule has 0 bridgehead atoms. The highest BCUT2D eigenvalue weighted by molar-refractivity contribution is 5.87. The number of fused-ring (bicyclic) bond motifs is 1. The van der Waals surface area contributed by atoms with E-state index in [0.29, 0.717) is 17.6 Å². The van der Waals surface area contributed by atoms with Crippen molar-refractivity contribution < 1.29 is 14.7 Å². The molecular weight excluding hydrogens is 396 g/mol. The van der Waals surface area contributed by atoms with Crippen LogP contribution in [0.1, 0.15) is 28.8 Å². The van der Waals surface area contributed by atoms with Gasteiger partial charge in [-0.2, -0.15) is 0 Å². The van der Waals surface area contributed by atoms with E-state index < -0.39 is 5.97 Å². The van der Waals surface area contributed by atoms with Gasteiger partial charge in [-0.05, 0) is 36.9 Å². The lowest BCUT2D eigenvalue weighted by Crippen LogP contribution is -2.38. The molecule has 1 saturated heterocycles. The number of benzene rings is 1. The number of nitroso groups, excluding NO2 is 1. The van der Waals surface area contributed by atoms with Crippen LogP contribution in [0, 0.1) is 10.8 Å². The Hall–Kier alpha value is -3.33. The van der Waals surface area contributed by atoms with Crippen LogP contribution in [-0.2, 0) is 13.6 Å². The number of rotatable bonds is 7. The number of carboxylic acids is 1. The summed E-state index contributed by atoms with van der Waals surface area (Å²) in [6, 6.07) is 5.79. The van der Waals surface area contributed by atoms with Crippen LogP contribution in [0.25, 0.3) is 10.9 Å². The Morgan fingerprint density at radius 1 is 1.26 bits per heavy atom. The third-order valence-corrected chi connectivity index (χ3v) is 5.95. The highest BCUT2D eigenvalue weighted by Crippen LogP contribution is 2.26. The maximum absolute atomic E-state index is 11.7. The van der Waals surface area contributed by atoms with Crippen LogP contribution in [0.5, 0.6) is 0 Å². The molecule has 0 amide bonds. The Bertz CT molecular complexity index is 1100. The molecule has 0 spiro atoms. The first-order chi connectivity index (χ1) is 14.9. The summed E-state index contributed by atoms with van der Waals surface area (Å²) in [5.41, 5.74) is 3.06. The van der Waals surface area contributed by atoms with Crippen LogP contribution in [-0.4, -0.2) is 57.1 Å². The largest absolute Gasteiger partial charge is 0.478 e. The van der Waals surface area contributed by atoms with Crippen molar-refractivity contribution in [1.82, 2.24) is 19.9 Å². The van der Waals surface area contributed by atoms with Crippen molar-refractivity contribution in [2.45, 2.75) is 19.4 Å². The first-order valence-electron chi connectivity index (χ1n) is 10.4. The fraction of sp³-hybridized carbons (Fsp3) is 0.409. The van der Waals surface area contributed by atoms with Crippen LogP contribution >= 0.6 is 0 Å². The normalized spacial score (nSPS) is 14.8. The summed E-state index contributed by atoms with van der Waals surface area (Å²) < 4.78 is 2.98. The summed E-state index contributed by atoms with van der Waals surface area (Å²) in [4.78, 5) is 33.1. The molecule has 1 fully saturated rings. The number of nitrogens with zero attached hydrogens (tertiary/aromatic N) is 5. The third kappa shape index (κ3) is 4.56. The Kier molecular flexibility index (Phi) is 5.94. The lowest BCUT2D eigenvalue weighted by atomic mass is 9.97. The number of carbonyl (C=O) groups is 1. The Balaban J connectivity index is 1.31. The molecule has 0 atom stereocenters. The van der Waals surface area contributed by atoms with Gasteiger partial charge in [-0.1, -0.05) is 0 Å². The van der Waals surface area contributed by atoms with Crippen molar-refractivity contribution in [3.63, 3.8) is 0 Å². The molecule has 0 aliphatic carbocycles. The average molecular weight is 423 g/mol. The van der Waals surface area contributed by atoms with E-state index in [0.717, 1.165) is 54.7 Å². The van der Waals surface area contributed by atoms with Crippen molar-refractivity contribution in [3.8, 4) is 0 Å². The van der Waals surface area contributed by atoms with Crippen LogP contribution in [0.4, 0.5) is 11.6 Å². The standard InChI is InChI=1S/C22H26N6O3/c1-26-14-17(19-9-18(27(2)31)3-4-20(19)26)11-23-10-15-5-7-28(8-6-15)22-24-12-16(13-25-22)21(29)30/h3-4,9,12-15,23H,5-8,10-11H2,1-2H3/p+1. The Morgan fingerprint density at radius 3 is 2.61 bits per heavy atom. The second kappa shape index (κ2) is 8.81. The maximum Gasteiger partial charge on any atom is 0.338 e. The molecule has 4 rings (SSSR count). The van der Waals surface area contributed by atoms with Gasteiger partial charge in [-0.3, -0.25) is 0 Å². The number of aromatic carboxylic acids is 1. The van der Waals surface area contributed by atoms with E-state index in [9.17, 15) is 9.70 Å². The zero-order chi connectivity index (χ0) is 22.0. The summed E-state index contributed by atoms with van der Waals surface area (Å²) in [6.45, 7) is 3.38. The van der Waals surface area contributed by atoms with E-state index in [1.807, 2.05) is 25.2 Å². The highest BCUT2D eigenvalue weighted by Gasteiger charge is 2.21. The highest BCUT2D eigenvalue weighted by atomic mass is 16.4. The fourth-order valence-electron chi connectivity index (χ4n) is 4.14. The lowest BCUT2D eigenvalue weighted by Gasteiger charge is -2.32. The quantitative estimate of drug-likeness (QED) is 0.563. The van der Waals surface area contributed by atoms with Crippen LogP contribution in [0.15, 0.2) is 36.8 Å². The average Bonchev–Trinajstić information content (AvgIpc) is 3.09. The predicted molar refractivity (Wildman–Crippen MR) is 118 cm³/mol. The van der Waals surface area contributed by atoms with Gasteiger partial charge in [-0.15, -0.1) is 0 Å². The summed E-state index contributed by atoms with van der Waals surface area (Å²) in [5.74, 6) is 0.137. The zero-order valence-electron chi connectivity index (χ0n) is 17.8. The minimum absolute atomic E-state index is 0.102. The first-order valence-corrected chi connectivity index (χ1v) is 10.4. The summed E-state index contributed by atoms with van der Waals surface area (Å²) >= 11 is 0. The number of hydrogen-bond acceptors (Lipinski definition) is 6. The first kappa shape index (κ1) is 20.9. The molecule has 31 heavy (non-hydrogen) atoms. The molecular formula is C22H27N6O3+. The van der Waals surface area contributed by atoms with Crippen molar-refractivity contribution >= 4 is 28.5 Å². The lowest BCUT2D eigenvalue weighted by molar-refractivity contribution is -0.428. The third-order valence-electron chi connectivity index (χ3n) is 5.95. The SMILES string of the molecule is Cn1cc(CNCC2CCN(c3ncc(C(=O)O)cn3)CC2)c2cc([N+](C)=O)ccc21. The molecule has 9 heteroatoms. The van der Waals surface area contributed by atoms with E-state index in [-0.39, 0.29) is 5.56 Å². The van der Waals surface area contributed by atoms with Crippen LogP contribution < -0.4 is 10.2 Å². The minimum Gasteiger partial charge on any atom is -0.478 e. The summed E-state index contributed by atoms with van der Waals surface area (Å²) in [6.07, 6.45) is 6.89. The van der Waals surface area contributed by atoms with Gasteiger partial charge in [-0.25, -0.2) is 14.8 Å². The van der Waals surface area contributed by atoms with E-state index >= 15 is 0 Å². The second-order valence-electron chi connectivity index (χ2n) is 8.10. The van der Waals surface area contributed by atoms with E-state index in [4.69, 9.17) is 5.11 Å². The minimum atomic E-state index is -1.02. The monoisotopic (exact) mass is 423 g/mol. The van der Waals surface area contributed by atoms with Crippen LogP contribution in [0.2, 0.25) is 0 Å². The Morgan fingerprint density at radius 2 is 1.97 bits per heavy atom. The molecule has 0 radical (unpaired) electrons. The Labute approximate surface area is 180 Å². The molecule has 3 heterocycles. The predicted octanol–water partition coefficient (Wildman–Crippen LogP) is 2.71. The van der Waals surface area contributed by atoms with E-state index in [1.165, 1.54) is 25.0 Å². The molecule has 1 aliphatic heterocycles. The fourth-order valence-corrected chi connectivity index (χ4v) is 4.14. The number of nitrogens with one attached hydrogen (secondary N) is 1. The van der Waals surface area contributed by atoms with Gasteiger partial charge < -0.3 is 19.9 Å². The molecule has 2 N–H and O–H groups in total. The molecule has 9 nitrogen and oxygen atoms in total.